The van der Waals surface area contributed by atoms with E-state index in [9.17, 15) is 8.42 Å². The summed E-state index contributed by atoms with van der Waals surface area (Å²) in [5.74, 6) is 0.947. The summed E-state index contributed by atoms with van der Waals surface area (Å²) in [5, 5.41) is 5.17. The van der Waals surface area contributed by atoms with Crippen LogP contribution in [0.15, 0.2) is 16.6 Å². The summed E-state index contributed by atoms with van der Waals surface area (Å²) in [5.41, 5.74) is 0. The van der Waals surface area contributed by atoms with Crippen molar-refractivity contribution in [2.75, 3.05) is 25.5 Å². The molecule has 0 unspecified atom stereocenters. The van der Waals surface area contributed by atoms with E-state index < -0.39 is 10.0 Å². The van der Waals surface area contributed by atoms with Gasteiger partial charge in [0.1, 0.15) is 0 Å². The van der Waals surface area contributed by atoms with Crippen LogP contribution in [0.3, 0.4) is 0 Å². The normalized spacial score (nSPS) is 16.5. The number of nitrogens with one attached hydrogen (secondary N) is 1. The molecule has 116 valence electrons. The highest BCUT2D eigenvalue weighted by Gasteiger charge is 2.32. The Morgan fingerprint density at radius 3 is 2.90 bits per heavy atom. The number of hydrogen-bond donors (Lipinski definition) is 1. The van der Waals surface area contributed by atoms with Crippen LogP contribution in [0.1, 0.15) is 26.2 Å². The van der Waals surface area contributed by atoms with Crippen molar-refractivity contribution in [3.05, 3.63) is 11.6 Å². The van der Waals surface area contributed by atoms with Gasteiger partial charge in [-0.15, -0.1) is 11.3 Å². The molecular weight excluding hydrogens is 308 g/mol. The zero-order chi connectivity index (χ0) is 15.0. The monoisotopic (exact) mass is 328 g/mol. The zero-order valence-corrected chi connectivity index (χ0v) is 13.9. The van der Waals surface area contributed by atoms with Gasteiger partial charge in [0, 0.05) is 31.7 Å². The van der Waals surface area contributed by atoms with Crippen molar-refractivity contribution >= 4 is 32.1 Å². The van der Waals surface area contributed by atoms with Crippen molar-refractivity contribution in [1.82, 2.24) is 13.7 Å². The van der Waals surface area contributed by atoms with Gasteiger partial charge in [-0.05, 0) is 25.7 Å². The number of imidazole rings is 1. The molecule has 21 heavy (non-hydrogen) atoms. The minimum Gasteiger partial charge on any atom is -0.368 e. The Kier molecular flexibility index (Phi) is 3.94. The first-order valence-electron chi connectivity index (χ1n) is 7.19. The molecule has 8 heteroatoms. The summed E-state index contributed by atoms with van der Waals surface area (Å²) >= 11 is 1.43. The van der Waals surface area contributed by atoms with E-state index in [-0.39, 0.29) is 5.03 Å². The van der Waals surface area contributed by atoms with E-state index in [4.69, 9.17) is 0 Å². The minimum atomic E-state index is -3.54. The molecule has 0 spiro atoms. The van der Waals surface area contributed by atoms with Crippen molar-refractivity contribution < 1.29 is 8.42 Å². The molecular formula is C13H20N4O2S2. The zero-order valence-electron chi connectivity index (χ0n) is 12.2. The predicted molar refractivity (Wildman–Crippen MR) is 84.4 cm³/mol. The molecule has 3 rings (SSSR count). The number of sulfonamides is 1. The summed E-state index contributed by atoms with van der Waals surface area (Å²) in [6.07, 6.45) is 5.22. The van der Waals surface area contributed by atoms with Crippen LogP contribution >= 0.6 is 11.3 Å². The second kappa shape index (κ2) is 5.58. The van der Waals surface area contributed by atoms with Gasteiger partial charge in [0.05, 0.1) is 0 Å². The summed E-state index contributed by atoms with van der Waals surface area (Å²) in [4.78, 5) is 5.08. The molecule has 2 heterocycles. The van der Waals surface area contributed by atoms with Gasteiger partial charge in [0.15, 0.2) is 15.8 Å². The largest absolute Gasteiger partial charge is 0.368 e. The molecule has 1 aliphatic carbocycles. The highest BCUT2D eigenvalue weighted by molar-refractivity contribution is 7.89. The molecule has 1 aliphatic rings. The van der Waals surface area contributed by atoms with E-state index in [0.717, 1.165) is 12.8 Å². The lowest BCUT2D eigenvalue weighted by Gasteiger charge is -2.29. The molecule has 6 nitrogen and oxygen atoms in total. The average molecular weight is 328 g/mol. The first-order valence-corrected chi connectivity index (χ1v) is 9.51. The number of thiazole rings is 1. The lowest BCUT2D eigenvalue weighted by atomic mass is 9.86. The Bertz CT molecular complexity index is 731. The second-order valence-electron chi connectivity index (χ2n) is 5.43. The molecule has 0 bridgehead atoms. The van der Waals surface area contributed by atoms with Crippen molar-refractivity contribution in [2.45, 2.75) is 31.2 Å². The smallest absolute Gasteiger partial charge is 0.262 e. The van der Waals surface area contributed by atoms with E-state index >= 15 is 0 Å². The van der Waals surface area contributed by atoms with Gasteiger partial charge in [-0.1, -0.05) is 6.42 Å². The molecule has 0 amide bonds. The lowest BCUT2D eigenvalue weighted by molar-refractivity contribution is 0.262. The molecule has 1 N–H and O–H groups in total. The lowest BCUT2D eigenvalue weighted by Crippen LogP contribution is -2.35. The first kappa shape index (κ1) is 14.8. The van der Waals surface area contributed by atoms with Crippen molar-refractivity contribution in [3.8, 4) is 0 Å². The van der Waals surface area contributed by atoms with Crippen LogP contribution in [0, 0.1) is 5.92 Å². The fourth-order valence-electron chi connectivity index (χ4n) is 2.58. The third-order valence-corrected chi connectivity index (χ3v) is 6.56. The first-order chi connectivity index (χ1) is 10.0. The maximum Gasteiger partial charge on any atom is 0.262 e. The average Bonchev–Trinajstić information content (AvgIpc) is 2.93. The topological polar surface area (TPSA) is 66.7 Å². The Labute approximate surface area is 128 Å². The molecule has 2 aromatic rings. The number of rotatable bonds is 6. The van der Waals surface area contributed by atoms with Gasteiger partial charge in [-0.3, -0.25) is 4.40 Å². The molecule has 0 radical (unpaired) electrons. The summed E-state index contributed by atoms with van der Waals surface area (Å²) in [6.45, 7) is 3.16. The van der Waals surface area contributed by atoms with E-state index in [0.29, 0.717) is 29.8 Å². The number of anilines is 1. The van der Waals surface area contributed by atoms with Crippen LogP contribution in [-0.4, -0.2) is 42.2 Å². The maximum absolute atomic E-state index is 12.9. The summed E-state index contributed by atoms with van der Waals surface area (Å²) in [7, 11) is -1.88. The van der Waals surface area contributed by atoms with Crippen LogP contribution in [0.4, 0.5) is 5.82 Å². The molecule has 0 atom stereocenters. The number of fused-ring (bicyclic) bond motifs is 1. The fourth-order valence-corrected chi connectivity index (χ4v) is 4.81. The Morgan fingerprint density at radius 2 is 2.29 bits per heavy atom. The molecule has 2 aromatic heterocycles. The maximum atomic E-state index is 12.9. The predicted octanol–water partition coefficient (Wildman–Crippen LogP) is 2.25. The highest BCUT2D eigenvalue weighted by Crippen LogP contribution is 2.31. The van der Waals surface area contributed by atoms with Crippen molar-refractivity contribution in [3.63, 3.8) is 0 Å². The number of aromatic nitrogens is 2. The van der Waals surface area contributed by atoms with Gasteiger partial charge in [0.2, 0.25) is 0 Å². The Balaban J connectivity index is 1.99. The van der Waals surface area contributed by atoms with Crippen LogP contribution in [-0.2, 0) is 10.0 Å². The minimum absolute atomic E-state index is 0.252. The van der Waals surface area contributed by atoms with E-state index in [2.05, 4.69) is 10.3 Å². The molecule has 0 saturated heterocycles. The van der Waals surface area contributed by atoms with Crippen LogP contribution in [0.25, 0.3) is 4.96 Å². The van der Waals surface area contributed by atoms with Gasteiger partial charge in [-0.2, -0.15) is 4.31 Å². The third kappa shape index (κ3) is 2.56. The number of hydrogen-bond acceptors (Lipinski definition) is 5. The van der Waals surface area contributed by atoms with Crippen molar-refractivity contribution in [1.29, 1.82) is 0 Å². The molecule has 0 aliphatic heterocycles. The molecule has 1 fully saturated rings. The van der Waals surface area contributed by atoms with Crippen molar-refractivity contribution in [2.24, 2.45) is 5.92 Å². The Morgan fingerprint density at radius 1 is 1.52 bits per heavy atom. The quantitative estimate of drug-likeness (QED) is 0.883. The van der Waals surface area contributed by atoms with E-state index in [1.165, 1.54) is 22.1 Å². The van der Waals surface area contributed by atoms with Gasteiger partial charge in [-0.25, -0.2) is 13.4 Å². The third-order valence-electron chi connectivity index (χ3n) is 3.96. The van der Waals surface area contributed by atoms with Gasteiger partial charge < -0.3 is 5.32 Å². The van der Waals surface area contributed by atoms with Gasteiger partial charge in [0.25, 0.3) is 10.0 Å². The van der Waals surface area contributed by atoms with Crippen LogP contribution < -0.4 is 5.32 Å². The van der Waals surface area contributed by atoms with Crippen LogP contribution in [0.5, 0.6) is 0 Å². The summed E-state index contributed by atoms with van der Waals surface area (Å²) < 4.78 is 28.9. The molecule has 1 saturated carbocycles. The van der Waals surface area contributed by atoms with E-state index in [1.54, 1.807) is 17.6 Å². The summed E-state index contributed by atoms with van der Waals surface area (Å²) in [6, 6.07) is 0. The van der Waals surface area contributed by atoms with E-state index in [1.807, 2.05) is 12.3 Å². The highest BCUT2D eigenvalue weighted by atomic mass is 32.2. The van der Waals surface area contributed by atoms with Gasteiger partial charge >= 0.3 is 0 Å². The second-order valence-corrected chi connectivity index (χ2v) is 8.27. The standard InChI is InChI=1S/C13H20N4O2S2/c1-3-14-11-12(17-7-8-20-13(17)15-11)21(18,19)16(2)9-10-5-4-6-10/h7-8,10,14H,3-6,9H2,1-2H3. The van der Waals surface area contributed by atoms with Crippen LogP contribution in [0.2, 0.25) is 0 Å². The SMILES string of the molecule is CCNc1nc2sccn2c1S(=O)(=O)N(C)CC1CCC1. The number of nitrogens with zero attached hydrogens (tertiary/aromatic N) is 3. The molecule has 0 aromatic carbocycles. The Hall–Kier alpha value is -1.12. The fraction of sp³-hybridized carbons (Fsp3) is 0.615.